The summed E-state index contributed by atoms with van der Waals surface area (Å²) in [5.74, 6) is 0.722. The van der Waals surface area contributed by atoms with Crippen LogP contribution in [0.2, 0.25) is 0 Å². The molecule has 1 aromatic heterocycles. The van der Waals surface area contributed by atoms with Crippen molar-refractivity contribution in [3.8, 4) is 11.5 Å². The molecule has 1 saturated heterocycles. The third-order valence-corrected chi connectivity index (χ3v) is 6.33. The SMILES string of the molecule is COC(=O)C1CC2(CCc3c(c(C)[n+](O)c4ccc(OC)cc34)O2)CN1C(=O)OC(C)(C)C. The molecule has 0 aliphatic carbocycles. The second kappa shape index (κ2) is 7.97. The molecule has 2 atom stereocenters. The Hall–Kier alpha value is -3.23. The average molecular weight is 460 g/mol. The van der Waals surface area contributed by atoms with Crippen LogP contribution in [0.3, 0.4) is 0 Å². The normalized spacial score (nSPS) is 22.1. The number of carbonyl (C=O) groups is 2. The summed E-state index contributed by atoms with van der Waals surface area (Å²) in [5.41, 5.74) is 0.660. The molecule has 2 aliphatic heterocycles. The van der Waals surface area contributed by atoms with E-state index in [1.54, 1.807) is 46.9 Å². The number of likely N-dealkylation sites (tertiary alicyclic amines) is 1. The number of methoxy groups -OCH3 is 2. The van der Waals surface area contributed by atoms with E-state index in [2.05, 4.69) is 0 Å². The van der Waals surface area contributed by atoms with Crippen LogP contribution in [0.25, 0.3) is 10.9 Å². The summed E-state index contributed by atoms with van der Waals surface area (Å²) in [4.78, 5) is 26.9. The number of aromatic nitrogens is 1. The molecule has 2 aliphatic rings. The van der Waals surface area contributed by atoms with Gasteiger partial charge in [0, 0.05) is 29.7 Å². The van der Waals surface area contributed by atoms with Crippen LogP contribution < -0.4 is 14.2 Å². The maximum absolute atomic E-state index is 12.9. The van der Waals surface area contributed by atoms with Crippen LogP contribution >= 0.6 is 0 Å². The predicted molar refractivity (Wildman–Crippen MR) is 118 cm³/mol. The van der Waals surface area contributed by atoms with Crippen molar-refractivity contribution >= 4 is 23.0 Å². The van der Waals surface area contributed by atoms with E-state index in [1.165, 1.54) is 12.0 Å². The van der Waals surface area contributed by atoms with Gasteiger partial charge in [0.1, 0.15) is 23.0 Å². The lowest BCUT2D eigenvalue weighted by atomic mass is 9.87. The van der Waals surface area contributed by atoms with Crippen LogP contribution in [0.1, 0.15) is 44.9 Å². The smallest absolute Gasteiger partial charge is 0.411 e. The number of benzene rings is 1. The molecule has 4 rings (SSSR count). The Balaban J connectivity index is 1.73. The molecule has 1 spiro atoms. The first-order valence-electron chi connectivity index (χ1n) is 11.0. The zero-order chi connectivity index (χ0) is 24.1. The Labute approximate surface area is 192 Å². The maximum atomic E-state index is 12.9. The summed E-state index contributed by atoms with van der Waals surface area (Å²) in [7, 11) is 2.90. The van der Waals surface area contributed by atoms with Gasteiger partial charge in [0.05, 0.1) is 26.2 Å². The first kappa shape index (κ1) is 22.9. The van der Waals surface area contributed by atoms with E-state index in [1.807, 2.05) is 6.07 Å². The number of pyridine rings is 1. The molecule has 33 heavy (non-hydrogen) atoms. The van der Waals surface area contributed by atoms with Gasteiger partial charge < -0.3 is 18.9 Å². The highest BCUT2D eigenvalue weighted by Crippen LogP contribution is 2.44. The fourth-order valence-electron chi connectivity index (χ4n) is 4.75. The highest BCUT2D eigenvalue weighted by Gasteiger charge is 2.54. The summed E-state index contributed by atoms with van der Waals surface area (Å²) in [6, 6.07) is 4.66. The number of esters is 1. The van der Waals surface area contributed by atoms with Crippen LogP contribution in [-0.2, 0) is 20.7 Å². The van der Waals surface area contributed by atoms with Gasteiger partial charge in [-0.05, 0) is 45.7 Å². The summed E-state index contributed by atoms with van der Waals surface area (Å²) >= 11 is 0. The van der Waals surface area contributed by atoms with Gasteiger partial charge in [-0.3, -0.25) is 10.1 Å². The minimum Gasteiger partial charge on any atom is -0.497 e. The quantitative estimate of drug-likeness (QED) is 0.419. The minimum atomic E-state index is -0.812. The van der Waals surface area contributed by atoms with Crippen molar-refractivity contribution in [1.29, 1.82) is 0 Å². The van der Waals surface area contributed by atoms with Crippen molar-refractivity contribution in [2.45, 2.75) is 64.2 Å². The summed E-state index contributed by atoms with van der Waals surface area (Å²) in [6.07, 6.45) is 0.936. The number of amides is 1. The van der Waals surface area contributed by atoms with Crippen LogP contribution in [0.4, 0.5) is 4.79 Å². The van der Waals surface area contributed by atoms with Crippen molar-refractivity contribution in [3.05, 3.63) is 29.5 Å². The van der Waals surface area contributed by atoms with Crippen LogP contribution in [-0.4, -0.2) is 60.2 Å². The van der Waals surface area contributed by atoms with Crippen LogP contribution in [0, 0.1) is 6.92 Å². The standard InChI is InChI=1S/C24H31N2O7/c1-14-20-16(17-11-15(30-5)7-8-18(17)26(14)29)9-10-24(32-20)12-19(21(27)31-6)25(13-24)22(28)33-23(2,3)4/h7-8,11,19,29H,9-10,12-13H2,1-6H3/q+1. The third kappa shape index (κ3) is 4.00. The van der Waals surface area contributed by atoms with E-state index in [9.17, 15) is 14.8 Å². The molecule has 9 nitrogen and oxygen atoms in total. The van der Waals surface area contributed by atoms with E-state index in [4.69, 9.17) is 18.9 Å². The van der Waals surface area contributed by atoms with Gasteiger partial charge in [-0.15, -0.1) is 0 Å². The highest BCUT2D eigenvalue weighted by atomic mass is 16.6. The molecule has 0 bridgehead atoms. The van der Waals surface area contributed by atoms with E-state index in [0.717, 1.165) is 15.7 Å². The van der Waals surface area contributed by atoms with Crippen molar-refractivity contribution in [2.75, 3.05) is 20.8 Å². The number of hydrogen-bond donors (Lipinski definition) is 1. The molecule has 1 N–H and O–H groups in total. The predicted octanol–water partition coefficient (Wildman–Crippen LogP) is 2.93. The molecule has 9 heteroatoms. The van der Waals surface area contributed by atoms with Crippen molar-refractivity contribution < 1.29 is 38.5 Å². The highest BCUT2D eigenvalue weighted by molar-refractivity contribution is 5.85. The van der Waals surface area contributed by atoms with Gasteiger partial charge in [-0.2, -0.15) is 0 Å². The van der Waals surface area contributed by atoms with E-state index < -0.39 is 29.3 Å². The zero-order valence-electron chi connectivity index (χ0n) is 19.9. The number of nitrogens with zero attached hydrogens (tertiary/aromatic N) is 2. The number of hydrogen-bond acceptors (Lipinski definition) is 7. The fourth-order valence-corrected chi connectivity index (χ4v) is 4.75. The van der Waals surface area contributed by atoms with Crippen LogP contribution in [0.5, 0.6) is 11.5 Å². The van der Waals surface area contributed by atoms with E-state index in [0.29, 0.717) is 35.6 Å². The molecular weight excluding hydrogens is 428 g/mol. The van der Waals surface area contributed by atoms with Crippen molar-refractivity contribution in [2.24, 2.45) is 0 Å². The molecule has 3 heterocycles. The Morgan fingerprint density at radius 1 is 1.27 bits per heavy atom. The van der Waals surface area contributed by atoms with Gasteiger partial charge in [0.2, 0.25) is 0 Å². The number of aryl methyl sites for hydroxylation is 1. The van der Waals surface area contributed by atoms with Gasteiger partial charge >= 0.3 is 12.1 Å². The summed E-state index contributed by atoms with van der Waals surface area (Å²) < 4.78 is 23.5. The van der Waals surface area contributed by atoms with Gasteiger partial charge in [-0.25, -0.2) is 9.59 Å². The molecule has 1 amide bonds. The lowest BCUT2D eigenvalue weighted by Gasteiger charge is -2.35. The Morgan fingerprint density at radius 3 is 2.64 bits per heavy atom. The number of fused-ring (bicyclic) bond motifs is 3. The van der Waals surface area contributed by atoms with E-state index in [-0.39, 0.29) is 13.0 Å². The lowest BCUT2D eigenvalue weighted by Crippen LogP contribution is -2.47. The lowest BCUT2D eigenvalue weighted by molar-refractivity contribution is -0.888. The Kier molecular flexibility index (Phi) is 5.54. The number of ether oxygens (including phenoxy) is 4. The zero-order valence-corrected chi connectivity index (χ0v) is 19.9. The fraction of sp³-hybridized carbons (Fsp3) is 0.542. The van der Waals surface area contributed by atoms with Crippen molar-refractivity contribution in [1.82, 2.24) is 4.90 Å². The first-order chi connectivity index (χ1) is 15.5. The molecular formula is C24H31N2O7+. The van der Waals surface area contributed by atoms with Gasteiger partial charge in [0.15, 0.2) is 5.75 Å². The average Bonchev–Trinajstić information content (AvgIpc) is 3.14. The monoisotopic (exact) mass is 459 g/mol. The van der Waals surface area contributed by atoms with E-state index >= 15 is 0 Å². The summed E-state index contributed by atoms with van der Waals surface area (Å²) in [5, 5.41) is 11.6. The topological polar surface area (TPSA) is 98.4 Å². The minimum absolute atomic E-state index is 0.183. The number of rotatable bonds is 2. The van der Waals surface area contributed by atoms with Crippen LogP contribution in [0.15, 0.2) is 18.2 Å². The molecule has 0 saturated carbocycles. The third-order valence-electron chi connectivity index (χ3n) is 6.33. The molecule has 2 unspecified atom stereocenters. The van der Waals surface area contributed by atoms with Gasteiger partial charge in [0.25, 0.3) is 11.2 Å². The summed E-state index contributed by atoms with van der Waals surface area (Å²) in [6.45, 7) is 7.29. The molecule has 178 valence electrons. The second-order valence-corrected chi connectivity index (χ2v) is 9.72. The largest absolute Gasteiger partial charge is 0.497 e. The van der Waals surface area contributed by atoms with Gasteiger partial charge in [-0.1, -0.05) is 0 Å². The number of carbonyl (C=O) groups excluding carboxylic acids is 2. The molecule has 1 aromatic carbocycles. The second-order valence-electron chi connectivity index (χ2n) is 9.72. The maximum Gasteiger partial charge on any atom is 0.411 e. The Morgan fingerprint density at radius 2 is 2.00 bits per heavy atom. The molecule has 0 radical (unpaired) electrons. The molecule has 1 fully saturated rings. The first-order valence-corrected chi connectivity index (χ1v) is 11.0. The molecule has 2 aromatic rings. The van der Waals surface area contributed by atoms with Crippen molar-refractivity contribution in [3.63, 3.8) is 0 Å². The Bertz CT molecular complexity index is 1120.